The fourth-order valence-corrected chi connectivity index (χ4v) is 2.92. The first-order valence-corrected chi connectivity index (χ1v) is 8.64. The summed E-state index contributed by atoms with van der Waals surface area (Å²) in [4.78, 5) is 29.9. The smallest absolute Gasteiger partial charge is 0.361 e. The monoisotopic (exact) mass is 348 g/mol. The summed E-state index contributed by atoms with van der Waals surface area (Å²) < 4.78 is 23.0. The number of H-pyrrole nitrogens is 1. The summed E-state index contributed by atoms with van der Waals surface area (Å²) in [6.45, 7) is 4.95. The van der Waals surface area contributed by atoms with Crippen molar-refractivity contribution in [2.75, 3.05) is 19.8 Å². The van der Waals surface area contributed by atoms with Gasteiger partial charge < -0.3 is 19.0 Å². The molecule has 0 spiro atoms. The van der Waals surface area contributed by atoms with Gasteiger partial charge in [-0.15, -0.1) is 4.73 Å². The van der Waals surface area contributed by atoms with Crippen LogP contribution in [0.4, 0.5) is 0 Å². The van der Waals surface area contributed by atoms with Crippen LogP contribution in [0.1, 0.15) is 19.4 Å². The number of aryl methyl sites for hydroxylation is 1. The molecule has 1 atom stereocenters. The van der Waals surface area contributed by atoms with Crippen molar-refractivity contribution in [3.63, 3.8) is 0 Å². The van der Waals surface area contributed by atoms with Crippen LogP contribution in [-0.4, -0.2) is 40.7 Å². The fourth-order valence-electron chi connectivity index (χ4n) is 1.54. The van der Waals surface area contributed by atoms with Gasteiger partial charge in [-0.3, -0.25) is 14.3 Å². The number of aliphatic hydroxyl groups excluding tert-OH is 1. The van der Waals surface area contributed by atoms with E-state index in [-0.39, 0.29) is 25.4 Å². The van der Waals surface area contributed by atoms with E-state index in [1.807, 2.05) is 0 Å². The first kappa shape index (κ1) is 19.4. The fraction of sp³-hybridized carbons (Fsp3) is 0.538. The van der Waals surface area contributed by atoms with Gasteiger partial charge in [-0.05, 0) is 26.8 Å². The van der Waals surface area contributed by atoms with Gasteiger partial charge in [-0.25, -0.2) is 4.79 Å². The van der Waals surface area contributed by atoms with Crippen molar-refractivity contribution >= 4 is 7.60 Å². The zero-order valence-corrected chi connectivity index (χ0v) is 14.1. The molecule has 1 unspecified atom stereocenters. The lowest BCUT2D eigenvalue weighted by molar-refractivity contribution is 0.0393. The zero-order valence-electron chi connectivity index (χ0n) is 13.2. The van der Waals surface area contributed by atoms with Crippen LogP contribution in [0.3, 0.4) is 0 Å². The normalized spacial score (nSPS) is 13.4. The van der Waals surface area contributed by atoms with Crippen molar-refractivity contribution in [3.05, 3.63) is 44.5 Å². The Labute approximate surface area is 133 Å². The molecule has 9 nitrogen and oxygen atoms in total. The first-order chi connectivity index (χ1) is 10.8. The molecule has 23 heavy (non-hydrogen) atoms. The summed E-state index contributed by atoms with van der Waals surface area (Å²) in [5.74, 6) is 1.15. The summed E-state index contributed by atoms with van der Waals surface area (Å²) in [5.41, 5.74) is -0.984. The molecule has 0 fully saturated rings. The third-order valence-electron chi connectivity index (χ3n) is 2.58. The van der Waals surface area contributed by atoms with Crippen molar-refractivity contribution in [2.24, 2.45) is 0 Å². The lowest BCUT2D eigenvalue weighted by atomic mass is 10.4. The zero-order chi connectivity index (χ0) is 17.5. The molecule has 0 saturated carbocycles. The summed E-state index contributed by atoms with van der Waals surface area (Å²) in [7, 11) is -3.40. The SMILES string of the molecule is CCOP(=O)(/C=C/C(O)COn1cc(C)c(=O)[nH]c1=O)OCC. The van der Waals surface area contributed by atoms with Crippen molar-refractivity contribution in [2.45, 2.75) is 26.9 Å². The van der Waals surface area contributed by atoms with Gasteiger partial charge in [-0.1, -0.05) is 0 Å². The lowest BCUT2D eigenvalue weighted by Gasteiger charge is -2.14. The molecule has 0 radical (unpaired) electrons. The summed E-state index contributed by atoms with van der Waals surface area (Å²) >= 11 is 0. The Morgan fingerprint density at radius 2 is 1.96 bits per heavy atom. The van der Waals surface area contributed by atoms with E-state index in [1.54, 1.807) is 13.8 Å². The third-order valence-corrected chi connectivity index (χ3v) is 4.36. The van der Waals surface area contributed by atoms with Gasteiger partial charge in [-0.2, -0.15) is 0 Å². The second kappa shape index (κ2) is 8.83. The number of hydrogen-bond donors (Lipinski definition) is 2. The Bertz CT molecular complexity index is 684. The van der Waals surface area contributed by atoms with Crippen molar-refractivity contribution in [1.82, 2.24) is 9.71 Å². The number of nitrogens with zero attached hydrogens (tertiary/aromatic N) is 1. The van der Waals surface area contributed by atoms with Crippen molar-refractivity contribution in [3.8, 4) is 0 Å². The van der Waals surface area contributed by atoms with Gasteiger partial charge in [0.15, 0.2) is 0 Å². The number of aliphatic hydroxyl groups is 1. The first-order valence-electron chi connectivity index (χ1n) is 7.03. The molecular formula is C13H21N2O7P. The average Bonchev–Trinajstić information content (AvgIpc) is 2.48. The van der Waals surface area contributed by atoms with Crippen LogP contribution in [-0.2, 0) is 13.6 Å². The molecule has 0 amide bonds. The Hall–Kier alpha value is -1.67. The van der Waals surface area contributed by atoms with E-state index >= 15 is 0 Å². The summed E-state index contributed by atoms with van der Waals surface area (Å²) in [6.07, 6.45) is 1.27. The standard InChI is InChI=1S/C13H21N2O7P/c1-4-21-23(19,22-5-2)7-6-11(16)9-20-15-8-10(3)12(17)14-13(15)18/h6-8,11,16H,4-5,9H2,1-3H3,(H,14,17,18)/b7-6+. The Balaban J connectivity index is 2.70. The molecule has 10 heteroatoms. The quantitative estimate of drug-likeness (QED) is 0.620. The molecule has 1 heterocycles. The topological polar surface area (TPSA) is 120 Å². The predicted molar refractivity (Wildman–Crippen MR) is 83.5 cm³/mol. The van der Waals surface area contributed by atoms with Gasteiger partial charge in [0.05, 0.1) is 19.4 Å². The highest BCUT2D eigenvalue weighted by Crippen LogP contribution is 2.49. The highest BCUT2D eigenvalue weighted by Gasteiger charge is 2.19. The molecule has 130 valence electrons. The van der Waals surface area contributed by atoms with Crippen LogP contribution in [0.25, 0.3) is 0 Å². The van der Waals surface area contributed by atoms with Crippen LogP contribution in [0.2, 0.25) is 0 Å². The number of nitrogens with one attached hydrogen (secondary N) is 1. The Morgan fingerprint density at radius 3 is 2.52 bits per heavy atom. The number of rotatable bonds is 9. The van der Waals surface area contributed by atoms with E-state index in [2.05, 4.69) is 4.98 Å². The second-order valence-corrected chi connectivity index (χ2v) is 6.37. The maximum absolute atomic E-state index is 12.2. The molecule has 0 aliphatic carbocycles. The average molecular weight is 348 g/mol. The van der Waals surface area contributed by atoms with E-state index < -0.39 is 24.9 Å². The largest absolute Gasteiger partial charge is 0.406 e. The minimum atomic E-state index is -3.40. The molecule has 0 aromatic carbocycles. The molecule has 0 saturated heterocycles. The lowest BCUT2D eigenvalue weighted by Crippen LogP contribution is -2.36. The Kier molecular flexibility index (Phi) is 7.44. The van der Waals surface area contributed by atoms with Crippen LogP contribution in [0.15, 0.2) is 27.7 Å². The third kappa shape index (κ3) is 6.15. The number of aromatic amines is 1. The molecule has 0 aliphatic heterocycles. The van der Waals surface area contributed by atoms with Gasteiger partial charge in [0.25, 0.3) is 5.56 Å². The summed E-state index contributed by atoms with van der Waals surface area (Å²) in [5, 5.41) is 9.79. The van der Waals surface area contributed by atoms with Crippen molar-refractivity contribution < 1.29 is 23.6 Å². The van der Waals surface area contributed by atoms with Crippen LogP contribution < -0.4 is 16.1 Å². The van der Waals surface area contributed by atoms with Crippen LogP contribution in [0.5, 0.6) is 0 Å². The minimum absolute atomic E-state index is 0.195. The van der Waals surface area contributed by atoms with Crippen LogP contribution >= 0.6 is 7.60 Å². The molecule has 1 aromatic heterocycles. The highest BCUT2D eigenvalue weighted by molar-refractivity contribution is 7.57. The minimum Gasteiger partial charge on any atom is -0.406 e. The second-order valence-electron chi connectivity index (χ2n) is 4.48. The molecule has 1 rings (SSSR count). The van der Waals surface area contributed by atoms with Crippen molar-refractivity contribution in [1.29, 1.82) is 0 Å². The van der Waals surface area contributed by atoms with Gasteiger partial charge in [0, 0.05) is 11.4 Å². The molecule has 1 aromatic rings. The number of aromatic nitrogens is 2. The molecule has 0 bridgehead atoms. The van der Waals surface area contributed by atoms with Gasteiger partial charge in [0.2, 0.25) is 0 Å². The number of hydrogen-bond acceptors (Lipinski definition) is 7. The maximum atomic E-state index is 12.2. The maximum Gasteiger partial charge on any atom is 0.361 e. The summed E-state index contributed by atoms with van der Waals surface area (Å²) in [6, 6.07) is 0. The molecular weight excluding hydrogens is 327 g/mol. The van der Waals surface area contributed by atoms with Gasteiger partial charge in [0.1, 0.15) is 12.7 Å². The predicted octanol–water partition coefficient (Wildman–Crippen LogP) is 0.414. The highest BCUT2D eigenvalue weighted by atomic mass is 31.2. The van der Waals surface area contributed by atoms with Crippen LogP contribution in [0, 0.1) is 6.92 Å². The van der Waals surface area contributed by atoms with E-state index in [0.29, 0.717) is 0 Å². The Morgan fingerprint density at radius 1 is 1.35 bits per heavy atom. The van der Waals surface area contributed by atoms with E-state index in [9.17, 15) is 19.3 Å². The van der Waals surface area contributed by atoms with E-state index in [4.69, 9.17) is 13.9 Å². The molecule has 0 aliphatic rings. The van der Waals surface area contributed by atoms with Gasteiger partial charge >= 0.3 is 13.3 Å². The van der Waals surface area contributed by atoms with E-state index in [0.717, 1.165) is 10.5 Å². The molecule has 2 N–H and O–H groups in total. The van der Waals surface area contributed by atoms with E-state index in [1.165, 1.54) is 19.2 Å².